The summed E-state index contributed by atoms with van der Waals surface area (Å²) in [6.07, 6.45) is 0. The topological polar surface area (TPSA) is 94.0 Å². The molecule has 0 amide bonds. The number of carboxylic acid groups (broad SMARTS) is 1. The summed E-state index contributed by atoms with van der Waals surface area (Å²) in [5.74, 6) is 1.38. The van der Waals surface area contributed by atoms with E-state index in [1.165, 1.54) is 0 Å². The van der Waals surface area contributed by atoms with Gasteiger partial charge in [0.15, 0.2) is 17.3 Å². The van der Waals surface area contributed by atoms with E-state index in [-0.39, 0.29) is 5.56 Å². The smallest absolute Gasteiger partial charge is 0.335 e. The van der Waals surface area contributed by atoms with Crippen LogP contribution < -0.4 is 14.4 Å². The van der Waals surface area contributed by atoms with Crippen molar-refractivity contribution in [1.29, 1.82) is 0 Å². The van der Waals surface area contributed by atoms with E-state index in [0.29, 0.717) is 54.7 Å². The van der Waals surface area contributed by atoms with E-state index in [0.717, 1.165) is 11.2 Å². The second kappa shape index (κ2) is 7.92. The van der Waals surface area contributed by atoms with Gasteiger partial charge < -0.3 is 24.2 Å². The van der Waals surface area contributed by atoms with Gasteiger partial charge in [-0.15, -0.1) is 0 Å². The number of fused-ring (bicyclic) bond motifs is 1. The molecular weight excluding hydrogens is 374 g/mol. The lowest BCUT2D eigenvalue weighted by Gasteiger charge is -2.29. The number of nitrogens with zero attached hydrogens (tertiary/aromatic N) is 3. The molecule has 1 aliphatic rings. The van der Waals surface area contributed by atoms with Crippen molar-refractivity contribution in [3.8, 4) is 22.9 Å². The minimum Gasteiger partial charge on any atom is -0.493 e. The highest BCUT2D eigenvalue weighted by molar-refractivity contribution is 5.94. The number of anilines is 1. The molecule has 1 fully saturated rings. The molecule has 0 bridgehead atoms. The van der Waals surface area contributed by atoms with E-state index in [1.54, 1.807) is 38.5 Å². The van der Waals surface area contributed by atoms with Gasteiger partial charge in [0.1, 0.15) is 5.82 Å². The summed E-state index contributed by atoms with van der Waals surface area (Å²) in [5, 5.41) is 10.2. The van der Waals surface area contributed by atoms with Crippen LogP contribution in [0, 0.1) is 0 Å². The van der Waals surface area contributed by atoms with Gasteiger partial charge in [-0.2, -0.15) is 0 Å². The second-order valence-corrected chi connectivity index (χ2v) is 6.58. The van der Waals surface area contributed by atoms with Crippen LogP contribution in [-0.4, -0.2) is 61.6 Å². The third kappa shape index (κ3) is 3.66. The second-order valence-electron chi connectivity index (χ2n) is 6.58. The third-order valence-electron chi connectivity index (χ3n) is 4.86. The molecule has 1 aliphatic heterocycles. The maximum atomic E-state index is 11.4. The van der Waals surface area contributed by atoms with E-state index in [1.807, 2.05) is 12.1 Å². The Kier molecular flexibility index (Phi) is 5.18. The van der Waals surface area contributed by atoms with Gasteiger partial charge in [0.05, 0.1) is 38.5 Å². The number of hydrogen-bond donors (Lipinski definition) is 1. The van der Waals surface area contributed by atoms with Gasteiger partial charge in [0.2, 0.25) is 0 Å². The van der Waals surface area contributed by atoms with Crippen LogP contribution in [0.1, 0.15) is 10.4 Å². The zero-order valence-electron chi connectivity index (χ0n) is 16.2. The first-order chi connectivity index (χ1) is 14.1. The van der Waals surface area contributed by atoms with Gasteiger partial charge in [0, 0.05) is 30.1 Å². The van der Waals surface area contributed by atoms with Crippen LogP contribution in [-0.2, 0) is 4.74 Å². The predicted octanol–water partition coefficient (Wildman–Crippen LogP) is 2.85. The lowest BCUT2D eigenvalue weighted by Crippen LogP contribution is -2.37. The fraction of sp³-hybridized carbons (Fsp3) is 0.286. The number of ether oxygens (including phenoxy) is 3. The van der Waals surface area contributed by atoms with E-state index < -0.39 is 5.97 Å². The Balaban J connectivity index is 1.94. The standard InChI is InChI=1S/C21H21N3O5/c1-27-17-11-15-16(12-18(17)28-2)22-19(13-4-3-5-14(10-13)21(25)26)23-20(15)24-6-8-29-9-7-24/h3-5,10-12H,6-9H2,1-2H3,(H,25,26). The molecule has 29 heavy (non-hydrogen) atoms. The van der Waals surface area contributed by atoms with Gasteiger partial charge in [-0.3, -0.25) is 0 Å². The quantitative estimate of drug-likeness (QED) is 0.705. The minimum atomic E-state index is -0.993. The summed E-state index contributed by atoms with van der Waals surface area (Å²) in [4.78, 5) is 23.0. The number of hydrogen-bond acceptors (Lipinski definition) is 7. The third-order valence-corrected chi connectivity index (χ3v) is 4.86. The number of rotatable bonds is 5. The van der Waals surface area contributed by atoms with Crippen LogP contribution in [0.5, 0.6) is 11.5 Å². The molecule has 0 aliphatic carbocycles. The van der Waals surface area contributed by atoms with Crippen LogP contribution in [0.15, 0.2) is 36.4 Å². The van der Waals surface area contributed by atoms with Gasteiger partial charge in [-0.25, -0.2) is 14.8 Å². The molecule has 150 valence electrons. The Labute approximate surface area is 167 Å². The average molecular weight is 395 g/mol. The Bertz CT molecular complexity index is 1060. The van der Waals surface area contributed by atoms with Crippen molar-refractivity contribution in [2.75, 3.05) is 45.4 Å². The molecule has 0 unspecified atom stereocenters. The Morgan fingerprint density at radius 3 is 2.48 bits per heavy atom. The maximum Gasteiger partial charge on any atom is 0.335 e. The molecule has 0 saturated carbocycles. The average Bonchev–Trinajstić information content (AvgIpc) is 2.77. The molecule has 2 heterocycles. The normalized spacial score (nSPS) is 14.1. The van der Waals surface area contributed by atoms with E-state index in [9.17, 15) is 9.90 Å². The molecule has 8 heteroatoms. The van der Waals surface area contributed by atoms with Crippen molar-refractivity contribution >= 4 is 22.7 Å². The maximum absolute atomic E-state index is 11.4. The Morgan fingerprint density at radius 2 is 1.79 bits per heavy atom. The molecule has 1 aromatic heterocycles. The largest absolute Gasteiger partial charge is 0.493 e. The van der Waals surface area contributed by atoms with Gasteiger partial charge in [0.25, 0.3) is 0 Å². The zero-order chi connectivity index (χ0) is 20.4. The van der Waals surface area contributed by atoms with Crippen molar-refractivity contribution < 1.29 is 24.1 Å². The van der Waals surface area contributed by atoms with Crippen molar-refractivity contribution in [1.82, 2.24) is 9.97 Å². The zero-order valence-corrected chi connectivity index (χ0v) is 16.2. The highest BCUT2D eigenvalue weighted by atomic mass is 16.5. The number of methoxy groups -OCH3 is 2. The lowest BCUT2D eigenvalue weighted by atomic mass is 10.1. The summed E-state index contributed by atoms with van der Waals surface area (Å²) in [5.41, 5.74) is 1.51. The van der Waals surface area contributed by atoms with Crippen LogP contribution in [0.25, 0.3) is 22.3 Å². The van der Waals surface area contributed by atoms with E-state index in [4.69, 9.17) is 19.2 Å². The molecular formula is C21H21N3O5. The van der Waals surface area contributed by atoms with Gasteiger partial charge >= 0.3 is 5.97 Å². The molecule has 0 spiro atoms. The summed E-state index contributed by atoms with van der Waals surface area (Å²) < 4.78 is 16.4. The van der Waals surface area contributed by atoms with Crippen LogP contribution in [0.4, 0.5) is 5.82 Å². The first kappa shape index (κ1) is 18.9. The number of carboxylic acids is 1. The number of aromatic carboxylic acids is 1. The lowest BCUT2D eigenvalue weighted by molar-refractivity contribution is 0.0697. The summed E-state index contributed by atoms with van der Waals surface area (Å²) >= 11 is 0. The predicted molar refractivity (Wildman–Crippen MR) is 108 cm³/mol. The van der Waals surface area contributed by atoms with Crippen LogP contribution in [0.2, 0.25) is 0 Å². The number of carbonyl (C=O) groups is 1. The molecule has 8 nitrogen and oxygen atoms in total. The monoisotopic (exact) mass is 395 g/mol. The number of benzene rings is 2. The van der Waals surface area contributed by atoms with Gasteiger partial charge in [-0.1, -0.05) is 12.1 Å². The van der Waals surface area contributed by atoms with Crippen LogP contribution >= 0.6 is 0 Å². The van der Waals surface area contributed by atoms with Crippen LogP contribution in [0.3, 0.4) is 0 Å². The number of aromatic nitrogens is 2. The van der Waals surface area contributed by atoms with Crippen molar-refractivity contribution in [3.05, 3.63) is 42.0 Å². The van der Waals surface area contributed by atoms with Crippen molar-refractivity contribution in [3.63, 3.8) is 0 Å². The van der Waals surface area contributed by atoms with E-state index in [2.05, 4.69) is 9.88 Å². The summed E-state index contributed by atoms with van der Waals surface area (Å²) in [7, 11) is 3.16. The van der Waals surface area contributed by atoms with Crippen molar-refractivity contribution in [2.45, 2.75) is 0 Å². The fourth-order valence-electron chi connectivity index (χ4n) is 3.38. The molecule has 3 aromatic rings. The Morgan fingerprint density at radius 1 is 1.07 bits per heavy atom. The molecule has 2 aromatic carbocycles. The van der Waals surface area contributed by atoms with Crippen molar-refractivity contribution in [2.24, 2.45) is 0 Å². The highest BCUT2D eigenvalue weighted by Gasteiger charge is 2.20. The van der Waals surface area contributed by atoms with Gasteiger partial charge in [-0.05, 0) is 18.2 Å². The fourth-order valence-corrected chi connectivity index (χ4v) is 3.38. The highest BCUT2D eigenvalue weighted by Crippen LogP contribution is 2.36. The molecule has 1 saturated heterocycles. The summed E-state index contributed by atoms with van der Waals surface area (Å²) in [6.45, 7) is 2.63. The first-order valence-corrected chi connectivity index (χ1v) is 9.21. The molecule has 0 atom stereocenters. The van der Waals surface area contributed by atoms with E-state index >= 15 is 0 Å². The molecule has 4 rings (SSSR count). The molecule has 1 N–H and O–H groups in total. The summed E-state index contributed by atoms with van der Waals surface area (Å²) in [6, 6.07) is 10.3. The SMILES string of the molecule is COc1cc2nc(-c3cccc(C(=O)O)c3)nc(N3CCOCC3)c2cc1OC. The number of morpholine rings is 1. The Hall–Kier alpha value is -3.39. The molecule has 0 radical (unpaired) electrons. The minimum absolute atomic E-state index is 0.187. The first-order valence-electron chi connectivity index (χ1n) is 9.21.